The molecule has 0 aromatic heterocycles. The fourth-order valence-electron chi connectivity index (χ4n) is 2.89. The summed E-state index contributed by atoms with van der Waals surface area (Å²) in [7, 11) is 3.25. The molecule has 0 spiro atoms. The van der Waals surface area contributed by atoms with Gasteiger partial charge in [-0.05, 0) is 55.2 Å². The fourth-order valence-corrected chi connectivity index (χ4v) is 3.03. The van der Waals surface area contributed by atoms with E-state index in [4.69, 9.17) is 11.6 Å². The highest BCUT2D eigenvalue weighted by molar-refractivity contribution is 6.31. The Bertz CT molecular complexity index is 1020. The summed E-state index contributed by atoms with van der Waals surface area (Å²) in [4.78, 5) is 35.6. The lowest BCUT2D eigenvalue weighted by molar-refractivity contribution is -0.108. The van der Waals surface area contributed by atoms with Crippen molar-refractivity contribution in [1.82, 2.24) is 4.90 Å². The average molecular weight is 497 g/mol. The molecule has 0 saturated heterocycles. The Morgan fingerprint density at radius 2 is 1.86 bits per heavy atom. The maximum atomic E-state index is 12.9. The minimum atomic E-state index is -0.346. The minimum Gasteiger partial charge on any atom is -0.388 e. The molecule has 0 atom stereocenters. The summed E-state index contributed by atoms with van der Waals surface area (Å²) in [5.41, 5.74) is 3.15. The number of nitrogens with zero attached hydrogens (tertiary/aromatic N) is 2. The lowest BCUT2D eigenvalue weighted by Gasteiger charge is -2.21. The van der Waals surface area contributed by atoms with Crippen LogP contribution in [0.3, 0.4) is 0 Å². The summed E-state index contributed by atoms with van der Waals surface area (Å²) >= 11 is 5.71. The maximum Gasteiger partial charge on any atom is 0.254 e. The molecule has 0 aliphatic heterocycles. The molecule has 2 aromatic rings. The van der Waals surface area contributed by atoms with Crippen molar-refractivity contribution in [2.75, 3.05) is 27.3 Å². The van der Waals surface area contributed by atoms with Gasteiger partial charge in [0, 0.05) is 37.8 Å². The van der Waals surface area contributed by atoms with Gasteiger partial charge in [0.1, 0.15) is 12.6 Å². The van der Waals surface area contributed by atoms with Crippen LogP contribution in [0.5, 0.6) is 0 Å². The van der Waals surface area contributed by atoms with E-state index in [9.17, 15) is 19.6 Å². The van der Waals surface area contributed by atoms with Gasteiger partial charge in [-0.2, -0.15) is 5.26 Å². The summed E-state index contributed by atoms with van der Waals surface area (Å²) in [6, 6.07) is 13.0. The van der Waals surface area contributed by atoms with Crippen LogP contribution < -0.4 is 0 Å². The highest BCUT2D eigenvalue weighted by Crippen LogP contribution is 2.22. The van der Waals surface area contributed by atoms with Gasteiger partial charge >= 0.3 is 0 Å². The minimum absolute atomic E-state index is 0.0623. The van der Waals surface area contributed by atoms with Crippen LogP contribution in [0.2, 0.25) is 5.02 Å². The number of aldehydes is 2. The first-order valence-corrected chi connectivity index (χ1v) is 11.3. The molecule has 0 aliphatic rings. The maximum absolute atomic E-state index is 12.9. The Labute approximate surface area is 213 Å². The van der Waals surface area contributed by atoms with Crippen molar-refractivity contribution >= 4 is 42.2 Å². The number of carbonyl (C=O) groups is 3. The van der Waals surface area contributed by atoms with Crippen LogP contribution in [0.1, 0.15) is 52.4 Å². The monoisotopic (exact) mass is 496 g/mol. The number of ether oxygens (including phenoxy) is 1. The van der Waals surface area contributed by atoms with Crippen molar-refractivity contribution in [3.8, 4) is 6.07 Å². The first kappa shape index (κ1) is 31.5. The van der Waals surface area contributed by atoms with Gasteiger partial charge in [0.15, 0.2) is 0 Å². The zero-order valence-corrected chi connectivity index (χ0v) is 21.5. The lowest BCUT2D eigenvalue weighted by atomic mass is 9.96. The quantitative estimate of drug-likeness (QED) is 0.325. The van der Waals surface area contributed by atoms with E-state index >= 15 is 0 Å². The zero-order valence-electron chi connectivity index (χ0n) is 20.8. The number of allylic oxidation sites excluding steroid dienone is 1. The molecule has 2 rings (SSSR count). The third-order valence-corrected chi connectivity index (χ3v) is 4.96. The van der Waals surface area contributed by atoms with Gasteiger partial charge in [-0.25, -0.2) is 0 Å². The molecule has 186 valence electrons. The number of halogens is 1. The summed E-state index contributed by atoms with van der Waals surface area (Å²) in [6.07, 6.45) is 7.38. The molecule has 0 heterocycles. The number of unbranched alkanes of at least 4 members (excludes halogenated alkanes) is 1. The molecular formula is C28H33ClN2O4. The van der Waals surface area contributed by atoms with Crippen molar-refractivity contribution in [2.24, 2.45) is 0 Å². The fraction of sp³-hybridized carbons (Fsp3) is 0.286. The van der Waals surface area contributed by atoms with Crippen molar-refractivity contribution in [1.29, 1.82) is 5.26 Å². The number of rotatable bonds is 9. The SMILES string of the molecule is C=Cc1cc(C#N)cc(C(=O)N(CC=O)CCCC=O)c1/C=C\C.COC.Cc1ccccc1Cl. The second kappa shape index (κ2) is 18.8. The largest absolute Gasteiger partial charge is 0.388 e. The molecule has 0 fully saturated rings. The van der Waals surface area contributed by atoms with Gasteiger partial charge in [0.2, 0.25) is 0 Å². The molecule has 0 N–H and O–H groups in total. The molecule has 0 radical (unpaired) electrons. The van der Waals surface area contributed by atoms with Crippen LogP contribution in [0.15, 0.2) is 49.1 Å². The number of hydrogen-bond donors (Lipinski definition) is 0. The smallest absolute Gasteiger partial charge is 0.254 e. The Morgan fingerprint density at radius 1 is 1.20 bits per heavy atom. The summed E-state index contributed by atoms with van der Waals surface area (Å²) in [6.45, 7) is 7.78. The van der Waals surface area contributed by atoms with Crippen LogP contribution >= 0.6 is 11.6 Å². The Balaban J connectivity index is 0.000000864. The van der Waals surface area contributed by atoms with Crippen LogP contribution in [-0.4, -0.2) is 50.7 Å². The van der Waals surface area contributed by atoms with Gasteiger partial charge in [-0.1, -0.05) is 54.6 Å². The topological polar surface area (TPSA) is 87.5 Å². The van der Waals surface area contributed by atoms with Gasteiger partial charge in [0.05, 0.1) is 18.2 Å². The van der Waals surface area contributed by atoms with Crippen molar-refractivity contribution in [2.45, 2.75) is 26.7 Å². The summed E-state index contributed by atoms with van der Waals surface area (Å²) < 4.78 is 4.25. The molecule has 1 amide bonds. The molecule has 2 aromatic carbocycles. The third kappa shape index (κ3) is 11.4. The van der Waals surface area contributed by atoms with Gasteiger partial charge in [0.25, 0.3) is 5.91 Å². The predicted molar refractivity (Wildman–Crippen MR) is 142 cm³/mol. The average Bonchev–Trinajstić information content (AvgIpc) is 2.86. The second-order valence-corrected chi connectivity index (χ2v) is 7.63. The number of amides is 1. The van der Waals surface area contributed by atoms with Crippen LogP contribution in [0.4, 0.5) is 0 Å². The second-order valence-electron chi connectivity index (χ2n) is 7.23. The number of nitriles is 1. The molecule has 0 aliphatic carbocycles. The molecule has 0 unspecified atom stereocenters. The first-order chi connectivity index (χ1) is 16.8. The molecule has 35 heavy (non-hydrogen) atoms. The van der Waals surface area contributed by atoms with E-state index < -0.39 is 0 Å². The van der Waals surface area contributed by atoms with Crippen LogP contribution in [-0.2, 0) is 14.3 Å². The molecule has 7 heteroatoms. The summed E-state index contributed by atoms with van der Waals surface area (Å²) in [5.74, 6) is -0.346. The normalized spacial score (nSPS) is 9.60. The van der Waals surface area contributed by atoms with E-state index in [1.807, 2.05) is 44.2 Å². The van der Waals surface area contributed by atoms with E-state index in [0.29, 0.717) is 47.9 Å². The molecule has 6 nitrogen and oxygen atoms in total. The van der Waals surface area contributed by atoms with Gasteiger partial charge in [-0.3, -0.25) is 4.79 Å². The van der Waals surface area contributed by atoms with Crippen molar-refractivity contribution < 1.29 is 19.1 Å². The number of benzene rings is 2. The lowest BCUT2D eigenvalue weighted by Crippen LogP contribution is -2.34. The number of aryl methyl sites for hydroxylation is 1. The molecular weight excluding hydrogens is 464 g/mol. The number of carbonyl (C=O) groups excluding carboxylic acids is 3. The Kier molecular flexibility index (Phi) is 16.9. The van der Waals surface area contributed by atoms with Crippen LogP contribution in [0, 0.1) is 18.3 Å². The number of methoxy groups -OCH3 is 1. The number of hydrogen-bond acceptors (Lipinski definition) is 5. The van der Waals surface area contributed by atoms with Gasteiger partial charge in [-0.15, -0.1) is 0 Å². The predicted octanol–water partition coefficient (Wildman–Crippen LogP) is 5.77. The zero-order chi connectivity index (χ0) is 26.6. The van der Waals surface area contributed by atoms with E-state index in [2.05, 4.69) is 11.3 Å². The van der Waals surface area contributed by atoms with E-state index in [1.165, 1.54) is 11.0 Å². The summed E-state index contributed by atoms with van der Waals surface area (Å²) in [5, 5.41) is 10.0. The van der Waals surface area contributed by atoms with Crippen molar-refractivity contribution in [3.05, 3.63) is 81.9 Å². The van der Waals surface area contributed by atoms with E-state index in [1.54, 1.807) is 38.5 Å². The third-order valence-electron chi connectivity index (χ3n) is 4.53. The molecule has 0 saturated carbocycles. The highest BCUT2D eigenvalue weighted by Gasteiger charge is 2.20. The first-order valence-electron chi connectivity index (χ1n) is 11.0. The Hall–Kier alpha value is -3.53. The molecule has 0 bridgehead atoms. The van der Waals surface area contributed by atoms with E-state index in [-0.39, 0.29) is 12.5 Å². The van der Waals surface area contributed by atoms with Crippen LogP contribution in [0.25, 0.3) is 12.2 Å². The van der Waals surface area contributed by atoms with E-state index in [0.717, 1.165) is 16.9 Å². The van der Waals surface area contributed by atoms with Gasteiger partial charge < -0.3 is 19.2 Å². The Morgan fingerprint density at radius 3 is 2.31 bits per heavy atom. The standard InChI is InChI=1S/C19H20N2O3.C7H7Cl.C2H6O/c1-3-7-17-16(4-2)12-15(14-20)13-18(17)19(24)21(9-11-23)8-5-6-10-22;1-6-4-2-3-5-7(6)8;1-3-2/h3-4,7,10-13H,2,5-6,8-9H2,1H3;2-5H,1H3;1-2H3/b7-3-;;. The van der Waals surface area contributed by atoms with Crippen molar-refractivity contribution in [3.63, 3.8) is 0 Å². The highest BCUT2D eigenvalue weighted by atomic mass is 35.5.